The second-order valence-electron chi connectivity index (χ2n) is 8.32. The van der Waals surface area contributed by atoms with Crippen molar-refractivity contribution in [3.05, 3.63) is 77.6 Å². The third kappa shape index (κ3) is 4.85. The fraction of sp³-hybridized carbons (Fsp3) is 0.320. The molecular weight excluding hydrogens is 388 g/mol. The highest BCUT2D eigenvalue weighted by Gasteiger charge is 2.30. The Hall–Kier alpha value is -3.41. The highest BCUT2D eigenvalue weighted by molar-refractivity contribution is 5.94. The van der Waals surface area contributed by atoms with E-state index >= 15 is 0 Å². The molecule has 1 aliphatic heterocycles. The van der Waals surface area contributed by atoms with Gasteiger partial charge in [0.15, 0.2) is 0 Å². The number of nitrogens with zero attached hydrogens (tertiary/aromatic N) is 3. The summed E-state index contributed by atoms with van der Waals surface area (Å²) in [6.07, 6.45) is 5.45. The standard InChI is InChI=1S/C25H28N4O2/c1-18(2)14-24(30)26-15-19-9-11-20(12-10-19)25(31)29-13-5-6-21(29)16-28-17-27-22-7-3-4-8-23(22)28/h3-4,7-12,14,17,21H,5-6,13,15-16H2,1-2H3,(H,26,30)/t21-/m1/s1. The SMILES string of the molecule is CC(C)=CC(=O)NCc1ccc(C(=O)N2CCC[C@@H]2Cn2cnc3ccccc32)cc1. The fourth-order valence-corrected chi connectivity index (χ4v) is 4.11. The Bertz CT molecular complexity index is 1110. The highest BCUT2D eigenvalue weighted by Crippen LogP contribution is 2.23. The summed E-state index contributed by atoms with van der Waals surface area (Å²) in [4.78, 5) is 31.4. The molecule has 2 amide bonds. The molecule has 6 heteroatoms. The molecular formula is C25H28N4O2. The van der Waals surface area contributed by atoms with Gasteiger partial charge >= 0.3 is 0 Å². The number of hydrogen-bond acceptors (Lipinski definition) is 3. The van der Waals surface area contributed by atoms with Crippen molar-refractivity contribution in [1.29, 1.82) is 0 Å². The molecule has 1 saturated heterocycles. The Balaban J connectivity index is 1.41. The predicted molar refractivity (Wildman–Crippen MR) is 122 cm³/mol. The van der Waals surface area contributed by atoms with Crippen molar-refractivity contribution < 1.29 is 9.59 Å². The average Bonchev–Trinajstić information content (AvgIpc) is 3.39. The lowest BCUT2D eigenvalue weighted by atomic mass is 10.1. The molecule has 1 atom stereocenters. The largest absolute Gasteiger partial charge is 0.348 e. The number of hydrogen-bond donors (Lipinski definition) is 1. The zero-order valence-electron chi connectivity index (χ0n) is 18.0. The quantitative estimate of drug-likeness (QED) is 0.619. The first-order valence-corrected chi connectivity index (χ1v) is 10.7. The Kier molecular flexibility index (Phi) is 6.16. The number of carbonyl (C=O) groups excluding carboxylic acids is 2. The molecule has 1 aromatic heterocycles. The maximum Gasteiger partial charge on any atom is 0.254 e. The van der Waals surface area contributed by atoms with Crippen LogP contribution in [0.25, 0.3) is 11.0 Å². The zero-order chi connectivity index (χ0) is 21.8. The number of fused-ring (bicyclic) bond motifs is 1. The van der Waals surface area contributed by atoms with Gasteiger partial charge in [0.25, 0.3) is 5.91 Å². The summed E-state index contributed by atoms with van der Waals surface area (Å²) < 4.78 is 2.14. The van der Waals surface area contributed by atoms with E-state index < -0.39 is 0 Å². The summed E-state index contributed by atoms with van der Waals surface area (Å²) in [6, 6.07) is 15.8. The molecule has 0 aliphatic carbocycles. The third-order valence-corrected chi connectivity index (χ3v) is 5.66. The molecule has 1 N–H and O–H groups in total. The second kappa shape index (κ2) is 9.16. The molecule has 0 radical (unpaired) electrons. The van der Waals surface area contributed by atoms with Gasteiger partial charge in [-0.15, -0.1) is 0 Å². The van der Waals surface area contributed by atoms with Gasteiger partial charge in [-0.05, 0) is 56.5 Å². The first kappa shape index (κ1) is 20.8. The molecule has 0 saturated carbocycles. The monoisotopic (exact) mass is 416 g/mol. The molecule has 0 bridgehead atoms. The predicted octanol–water partition coefficient (Wildman–Crippen LogP) is 3.92. The van der Waals surface area contributed by atoms with Crippen molar-refractivity contribution in [2.75, 3.05) is 6.54 Å². The van der Waals surface area contributed by atoms with E-state index in [0.29, 0.717) is 12.1 Å². The van der Waals surface area contributed by atoms with Gasteiger partial charge in [0.1, 0.15) is 0 Å². The maximum atomic E-state index is 13.2. The van der Waals surface area contributed by atoms with E-state index in [-0.39, 0.29) is 17.9 Å². The molecule has 6 nitrogen and oxygen atoms in total. The van der Waals surface area contributed by atoms with Crippen LogP contribution in [0.3, 0.4) is 0 Å². The van der Waals surface area contributed by atoms with Crippen LogP contribution in [0.2, 0.25) is 0 Å². The van der Waals surface area contributed by atoms with E-state index in [0.717, 1.165) is 48.1 Å². The van der Waals surface area contributed by atoms with Gasteiger partial charge in [-0.3, -0.25) is 9.59 Å². The Labute approximate surface area is 182 Å². The van der Waals surface area contributed by atoms with Crippen LogP contribution < -0.4 is 5.32 Å². The fourth-order valence-electron chi connectivity index (χ4n) is 4.11. The topological polar surface area (TPSA) is 67.2 Å². The minimum Gasteiger partial charge on any atom is -0.348 e. The van der Waals surface area contributed by atoms with Crippen molar-refractivity contribution in [2.45, 2.75) is 45.8 Å². The van der Waals surface area contributed by atoms with Crippen LogP contribution in [0.1, 0.15) is 42.6 Å². The van der Waals surface area contributed by atoms with E-state index in [9.17, 15) is 9.59 Å². The van der Waals surface area contributed by atoms with Crippen molar-refractivity contribution >= 4 is 22.8 Å². The lowest BCUT2D eigenvalue weighted by Crippen LogP contribution is -2.38. The van der Waals surface area contributed by atoms with E-state index in [1.54, 1.807) is 6.08 Å². The molecule has 0 spiro atoms. The van der Waals surface area contributed by atoms with Crippen molar-refractivity contribution in [3.63, 3.8) is 0 Å². The summed E-state index contributed by atoms with van der Waals surface area (Å²) in [6.45, 7) is 5.75. The number of para-hydroxylation sites is 2. The highest BCUT2D eigenvalue weighted by atomic mass is 16.2. The first-order valence-electron chi connectivity index (χ1n) is 10.7. The van der Waals surface area contributed by atoms with Gasteiger partial charge in [0, 0.05) is 31.3 Å². The molecule has 31 heavy (non-hydrogen) atoms. The summed E-state index contributed by atoms with van der Waals surface area (Å²) in [5.74, 6) is -0.0425. The minimum atomic E-state index is -0.105. The molecule has 4 rings (SSSR count). The van der Waals surface area contributed by atoms with Gasteiger partial charge in [-0.25, -0.2) is 4.98 Å². The number of likely N-dealkylation sites (tertiary alicyclic amines) is 1. The molecule has 2 heterocycles. The number of nitrogens with one attached hydrogen (secondary N) is 1. The smallest absolute Gasteiger partial charge is 0.254 e. The number of imidazole rings is 1. The van der Waals surface area contributed by atoms with Crippen molar-refractivity contribution in [3.8, 4) is 0 Å². The van der Waals surface area contributed by atoms with E-state index in [4.69, 9.17) is 0 Å². The van der Waals surface area contributed by atoms with Gasteiger partial charge in [0.2, 0.25) is 5.91 Å². The number of benzene rings is 2. The third-order valence-electron chi connectivity index (χ3n) is 5.66. The Morgan fingerprint density at radius 3 is 2.68 bits per heavy atom. The number of aromatic nitrogens is 2. The molecule has 2 aromatic carbocycles. The van der Waals surface area contributed by atoms with Crippen LogP contribution in [-0.2, 0) is 17.9 Å². The Morgan fingerprint density at radius 2 is 1.90 bits per heavy atom. The van der Waals surface area contributed by atoms with Crippen LogP contribution in [0.5, 0.6) is 0 Å². The van der Waals surface area contributed by atoms with Crippen LogP contribution in [-0.4, -0.2) is 38.9 Å². The summed E-state index contributed by atoms with van der Waals surface area (Å²) in [5.41, 5.74) is 4.69. The number of allylic oxidation sites excluding steroid dienone is 1. The second-order valence-corrected chi connectivity index (χ2v) is 8.32. The molecule has 3 aromatic rings. The number of rotatable bonds is 6. The Morgan fingerprint density at radius 1 is 1.13 bits per heavy atom. The molecule has 0 unspecified atom stereocenters. The summed E-state index contributed by atoms with van der Waals surface area (Å²) in [5, 5.41) is 2.86. The summed E-state index contributed by atoms with van der Waals surface area (Å²) >= 11 is 0. The normalized spacial score (nSPS) is 15.8. The van der Waals surface area contributed by atoms with Gasteiger partial charge in [-0.2, -0.15) is 0 Å². The number of amides is 2. The maximum absolute atomic E-state index is 13.2. The lowest BCUT2D eigenvalue weighted by Gasteiger charge is -2.25. The van der Waals surface area contributed by atoms with Gasteiger partial charge < -0.3 is 14.8 Å². The van der Waals surface area contributed by atoms with E-state index in [1.165, 1.54) is 0 Å². The van der Waals surface area contributed by atoms with Crippen LogP contribution >= 0.6 is 0 Å². The first-order chi connectivity index (χ1) is 15.0. The number of carbonyl (C=O) groups is 2. The van der Waals surface area contributed by atoms with Crippen molar-refractivity contribution in [1.82, 2.24) is 19.8 Å². The molecule has 160 valence electrons. The average molecular weight is 417 g/mol. The van der Waals surface area contributed by atoms with E-state index in [1.807, 2.05) is 67.5 Å². The molecule has 1 aliphatic rings. The van der Waals surface area contributed by atoms with E-state index in [2.05, 4.69) is 20.9 Å². The zero-order valence-corrected chi connectivity index (χ0v) is 18.0. The lowest BCUT2D eigenvalue weighted by molar-refractivity contribution is -0.116. The van der Waals surface area contributed by atoms with Crippen LogP contribution in [0, 0.1) is 0 Å². The molecule has 1 fully saturated rings. The minimum absolute atomic E-state index is 0.0621. The van der Waals surface area contributed by atoms with Crippen LogP contribution in [0.4, 0.5) is 0 Å². The van der Waals surface area contributed by atoms with Crippen LogP contribution in [0.15, 0.2) is 66.5 Å². The summed E-state index contributed by atoms with van der Waals surface area (Å²) in [7, 11) is 0. The van der Waals surface area contributed by atoms with Gasteiger partial charge in [0.05, 0.1) is 23.4 Å². The van der Waals surface area contributed by atoms with Crippen molar-refractivity contribution in [2.24, 2.45) is 0 Å². The van der Waals surface area contributed by atoms with Gasteiger partial charge in [-0.1, -0.05) is 29.8 Å².